The Morgan fingerprint density at radius 1 is 0.872 bits per heavy atom. The summed E-state index contributed by atoms with van der Waals surface area (Å²) in [6.07, 6.45) is 1.47. The first kappa shape index (κ1) is 34.0. The second-order valence-electron chi connectivity index (χ2n) is 10.5. The van der Waals surface area contributed by atoms with Gasteiger partial charge >= 0.3 is 5.97 Å². The molecule has 1 aromatic heterocycles. The summed E-state index contributed by atoms with van der Waals surface area (Å²) in [5, 5.41) is 0.935. The second-order valence-corrected chi connectivity index (χ2v) is 13.3. The van der Waals surface area contributed by atoms with Crippen LogP contribution in [0.25, 0.3) is 6.08 Å². The van der Waals surface area contributed by atoms with Crippen molar-refractivity contribution in [1.29, 1.82) is 0 Å². The summed E-state index contributed by atoms with van der Waals surface area (Å²) in [5.41, 5.74) is 1.86. The Labute approximate surface area is 283 Å². The number of carbonyl (C=O) groups is 2. The minimum Gasteiger partial charge on any atom is -0.494 e. The van der Waals surface area contributed by atoms with Gasteiger partial charge in [-0.25, -0.2) is 13.2 Å². The van der Waals surface area contributed by atoms with Gasteiger partial charge < -0.3 is 13.9 Å². The van der Waals surface area contributed by atoms with Gasteiger partial charge in [0, 0.05) is 28.0 Å². The summed E-state index contributed by atoms with van der Waals surface area (Å²) < 4.78 is 45.7. The van der Waals surface area contributed by atoms with Crippen LogP contribution in [-0.2, 0) is 37.4 Å². The highest BCUT2D eigenvalue weighted by Crippen LogP contribution is 2.36. The van der Waals surface area contributed by atoms with Crippen LogP contribution in [0.2, 0.25) is 10.0 Å². The number of carbonyl (C=O) groups excluding carboxylic acids is 2. The van der Waals surface area contributed by atoms with Crippen molar-refractivity contribution in [3.63, 3.8) is 0 Å². The number of nitrogens with zero attached hydrogens (tertiary/aromatic N) is 2. The van der Waals surface area contributed by atoms with Gasteiger partial charge in [-0.15, -0.1) is 0 Å². The molecule has 0 saturated carbocycles. The van der Waals surface area contributed by atoms with Crippen molar-refractivity contribution in [3.05, 3.63) is 129 Å². The number of benzene rings is 3. The standard InChI is InChI=1S/C35H32Cl2N2O7S/c1-4-44-28-14-12-27(13-15-28)39-23(3)33(35(41)45-5-2)32(34(39)40)20-29-16-17-30(46-29)22-38(21-24-6-8-25(36)9-7-24)47(42,43)31-18-10-26(37)11-19-31/h6-20H,4-5,21-22H2,1-3H3/b32-20+. The monoisotopic (exact) mass is 694 g/mol. The molecule has 9 nitrogen and oxygen atoms in total. The first-order chi connectivity index (χ1) is 22.5. The largest absolute Gasteiger partial charge is 0.494 e. The lowest BCUT2D eigenvalue weighted by Gasteiger charge is -2.21. The van der Waals surface area contributed by atoms with Crippen molar-refractivity contribution in [3.8, 4) is 5.75 Å². The first-order valence-electron chi connectivity index (χ1n) is 14.8. The fourth-order valence-corrected chi connectivity index (χ4v) is 6.74. The summed E-state index contributed by atoms with van der Waals surface area (Å²) in [6, 6.07) is 23.0. The Balaban J connectivity index is 1.47. The molecule has 0 bridgehead atoms. The average molecular weight is 696 g/mol. The molecule has 5 rings (SSSR count). The zero-order valence-corrected chi connectivity index (χ0v) is 28.2. The van der Waals surface area contributed by atoms with E-state index in [-0.39, 0.29) is 41.5 Å². The number of rotatable bonds is 12. The van der Waals surface area contributed by atoms with Gasteiger partial charge in [0.05, 0.1) is 35.8 Å². The van der Waals surface area contributed by atoms with Crippen molar-refractivity contribution >= 4 is 56.9 Å². The molecule has 244 valence electrons. The second kappa shape index (κ2) is 14.6. The number of ether oxygens (including phenoxy) is 2. The van der Waals surface area contributed by atoms with E-state index in [4.69, 9.17) is 37.1 Å². The number of hydrogen-bond acceptors (Lipinski definition) is 7. The van der Waals surface area contributed by atoms with Crippen LogP contribution < -0.4 is 9.64 Å². The van der Waals surface area contributed by atoms with E-state index in [1.54, 1.807) is 74.5 Å². The van der Waals surface area contributed by atoms with Crippen LogP contribution >= 0.6 is 23.2 Å². The van der Waals surface area contributed by atoms with Crippen LogP contribution in [0.4, 0.5) is 5.69 Å². The third-order valence-corrected chi connectivity index (χ3v) is 9.62. The minimum atomic E-state index is -4.00. The van der Waals surface area contributed by atoms with Gasteiger partial charge in [-0.2, -0.15) is 4.31 Å². The predicted molar refractivity (Wildman–Crippen MR) is 180 cm³/mol. The van der Waals surface area contributed by atoms with Gasteiger partial charge in [-0.3, -0.25) is 9.69 Å². The van der Waals surface area contributed by atoms with Gasteiger partial charge in [0.25, 0.3) is 5.91 Å². The smallest absolute Gasteiger partial charge is 0.340 e. The predicted octanol–water partition coefficient (Wildman–Crippen LogP) is 7.64. The van der Waals surface area contributed by atoms with Crippen LogP contribution in [0.5, 0.6) is 5.75 Å². The van der Waals surface area contributed by atoms with Crippen LogP contribution in [-0.4, -0.2) is 37.8 Å². The molecule has 4 aromatic rings. The lowest BCUT2D eigenvalue weighted by atomic mass is 10.1. The summed E-state index contributed by atoms with van der Waals surface area (Å²) in [5.74, 6) is 0.130. The molecule has 47 heavy (non-hydrogen) atoms. The Kier molecular flexibility index (Phi) is 10.6. The third kappa shape index (κ3) is 7.63. The topological polar surface area (TPSA) is 106 Å². The molecule has 0 radical (unpaired) electrons. The van der Waals surface area contributed by atoms with E-state index in [9.17, 15) is 18.0 Å². The maximum absolute atomic E-state index is 13.8. The number of allylic oxidation sites excluding steroid dienone is 1. The van der Waals surface area contributed by atoms with E-state index in [0.717, 1.165) is 0 Å². The van der Waals surface area contributed by atoms with Gasteiger partial charge in [-0.05, 0) is 105 Å². The third-order valence-electron chi connectivity index (χ3n) is 7.31. The SMILES string of the molecule is CCOC(=O)C1=C(C)N(c2ccc(OCC)cc2)C(=O)/C1=C/c1ccc(CN(Cc2ccc(Cl)cc2)S(=O)(=O)c2ccc(Cl)cc2)o1. The molecule has 0 spiro atoms. The number of hydrogen-bond donors (Lipinski definition) is 0. The quantitative estimate of drug-likeness (QED) is 0.111. The molecule has 0 N–H and O–H groups in total. The van der Waals surface area contributed by atoms with Crippen molar-refractivity contribution in [2.24, 2.45) is 0 Å². The summed E-state index contributed by atoms with van der Waals surface area (Å²) >= 11 is 12.1. The molecule has 12 heteroatoms. The van der Waals surface area contributed by atoms with E-state index in [1.807, 2.05) is 6.92 Å². The van der Waals surface area contributed by atoms with Gasteiger partial charge in [-0.1, -0.05) is 35.3 Å². The molecule has 0 aliphatic carbocycles. The van der Waals surface area contributed by atoms with Crippen LogP contribution in [0.3, 0.4) is 0 Å². The molecule has 0 fully saturated rings. The van der Waals surface area contributed by atoms with Crippen LogP contribution in [0.1, 0.15) is 37.9 Å². The van der Waals surface area contributed by atoms with E-state index < -0.39 is 21.9 Å². The molecule has 1 aliphatic heterocycles. The van der Waals surface area contributed by atoms with Gasteiger partial charge in [0.2, 0.25) is 10.0 Å². The van der Waals surface area contributed by atoms with E-state index >= 15 is 0 Å². The molecule has 0 saturated heterocycles. The van der Waals surface area contributed by atoms with Crippen molar-refractivity contribution in [2.45, 2.75) is 38.8 Å². The molecule has 1 aliphatic rings. The highest BCUT2D eigenvalue weighted by atomic mass is 35.5. The number of anilines is 1. The summed E-state index contributed by atoms with van der Waals surface area (Å²) in [7, 11) is -4.00. The number of amides is 1. The Morgan fingerprint density at radius 3 is 2.13 bits per heavy atom. The fourth-order valence-electron chi connectivity index (χ4n) is 5.10. The Hall–Kier alpha value is -4.35. The van der Waals surface area contributed by atoms with Crippen molar-refractivity contribution in [1.82, 2.24) is 4.31 Å². The summed E-state index contributed by atoms with van der Waals surface area (Å²) in [4.78, 5) is 28.4. The zero-order valence-electron chi connectivity index (χ0n) is 25.9. The van der Waals surface area contributed by atoms with E-state index in [1.165, 1.54) is 39.5 Å². The van der Waals surface area contributed by atoms with E-state index in [0.29, 0.717) is 45.1 Å². The molecule has 0 atom stereocenters. The lowest BCUT2D eigenvalue weighted by molar-refractivity contribution is -0.138. The van der Waals surface area contributed by atoms with Crippen LogP contribution in [0, 0.1) is 0 Å². The van der Waals surface area contributed by atoms with E-state index in [2.05, 4.69) is 0 Å². The fraction of sp³-hybridized carbons (Fsp3) is 0.200. The molecule has 0 unspecified atom stereocenters. The Morgan fingerprint density at radius 2 is 1.51 bits per heavy atom. The minimum absolute atomic E-state index is 0.0315. The zero-order chi connectivity index (χ0) is 33.7. The lowest BCUT2D eigenvalue weighted by Crippen LogP contribution is -2.30. The highest BCUT2D eigenvalue weighted by molar-refractivity contribution is 7.89. The molecule has 2 heterocycles. The number of esters is 1. The normalized spacial score (nSPS) is 14.4. The highest BCUT2D eigenvalue weighted by Gasteiger charge is 2.38. The maximum Gasteiger partial charge on any atom is 0.340 e. The summed E-state index contributed by atoms with van der Waals surface area (Å²) in [6.45, 7) is 5.76. The first-order valence-corrected chi connectivity index (χ1v) is 17.0. The van der Waals surface area contributed by atoms with Gasteiger partial charge in [0.15, 0.2) is 0 Å². The maximum atomic E-state index is 13.8. The Bertz CT molecular complexity index is 1930. The molecular formula is C35H32Cl2N2O7S. The molecule has 1 amide bonds. The van der Waals surface area contributed by atoms with Crippen molar-refractivity contribution in [2.75, 3.05) is 18.1 Å². The molecular weight excluding hydrogens is 663 g/mol. The number of halogens is 2. The van der Waals surface area contributed by atoms with Gasteiger partial charge in [0.1, 0.15) is 17.3 Å². The number of furan rings is 1. The molecule has 3 aromatic carbocycles. The van der Waals surface area contributed by atoms with Crippen molar-refractivity contribution < 1.29 is 31.9 Å². The average Bonchev–Trinajstić information content (AvgIpc) is 3.59. The van der Waals surface area contributed by atoms with Crippen LogP contribution in [0.15, 0.2) is 111 Å². The number of sulfonamides is 1.